The van der Waals surface area contributed by atoms with Gasteiger partial charge >= 0.3 is 12.4 Å². The summed E-state index contributed by atoms with van der Waals surface area (Å²) in [5.41, 5.74) is -2.28. The fourth-order valence-corrected chi connectivity index (χ4v) is 2.27. The molecule has 0 spiro atoms. The molecule has 0 aliphatic rings. The number of nitrogens with zero attached hydrogens (tertiary/aromatic N) is 3. The highest BCUT2D eigenvalue weighted by Crippen LogP contribution is 2.36. The number of hydrogen-bond acceptors (Lipinski definition) is 4. The van der Waals surface area contributed by atoms with Crippen LogP contribution in [0.5, 0.6) is 17.4 Å². The van der Waals surface area contributed by atoms with Gasteiger partial charge in [-0.25, -0.2) is 9.07 Å². The van der Waals surface area contributed by atoms with E-state index in [2.05, 4.69) is 10.1 Å². The molecule has 0 saturated carbocycles. The highest BCUT2D eigenvalue weighted by Gasteiger charge is 2.34. The van der Waals surface area contributed by atoms with E-state index in [4.69, 9.17) is 9.47 Å². The zero-order chi connectivity index (χ0) is 21.4. The first-order valence-electron chi connectivity index (χ1n) is 7.72. The zero-order valence-electron chi connectivity index (χ0n) is 14.3. The van der Waals surface area contributed by atoms with E-state index in [0.717, 1.165) is 31.5 Å². The summed E-state index contributed by atoms with van der Waals surface area (Å²) in [5.74, 6) is -2.79. The van der Waals surface area contributed by atoms with Crippen molar-refractivity contribution in [1.29, 1.82) is 0 Å². The largest absolute Gasteiger partial charge is 0.491 e. The third kappa shape index (κ3) is 4.41. The quantitative estimate of drug-likeness (QED) is 0.541. The van der Waals surface area contributed by atoms with Gasteiger partial charge in [-0.1, -0.05) is 6.07 Å². The predicted molar refractivity (Wildman–Crippen MR) is 84.4 cm³/mol. The van der Waals surface area contributed by atoms with Gasteiger partial charge in [0.1, 0.15) is 5.75 Å². The maximum Gasteiger partial charge on any atom is 0.435 e. The minimum absolute atomic E-state index is 0.285. The molecule has 0 radical (unpaired) electrons. The molecule has 154 valence electrons. The SMILES string of the molecule is COc1cc(F)c(-n2ccc(C(F)(F)F)n2)nc1Oc1cccc(C(F)(F)F)c1. The Labute approximate surface area is 158 Å². The summed E-state index contributed by atoms with van der Waals surface area (Å²) in [6.45, 7) is 0. The average Bonchev–Trinajstić information content (AvgIpc) is 3.12. The molecule has 0 atom stereocenters. The monoisotopic (exact) mass is 421 g/mol. The van der Waals surface area contributed by atoms with Crippen LogP contribution in [-0.2, 0) is 12.4 Å². The van der Waals surface area contributed by atoms with Gasteiger partial charge in [0.15, 0.2) is 23.1 Å². The third-order valence-electron chi connectivity index (χ3n) is 3.58. The molecule has 0 fully saturated rings. The van der Waals surface area contributed by atoms with Crippen molar-refractivity contribution in [2.45, 2.75) is 12.4 Å². The number of alkyl halides is 6. The van der Waals surface area contributed by atoms with E-state index in [1.165, 1.54) is 6.07 Å². The molecule has 0 saturated heterocycles. The Bertz CT molecular complexity index is 1030. The normalized spacial score (nSPS) is 12.1. The summed E-state index contributed by atoms with van der Waals surface area (Å²) < 4.78 is 102. The Morgan fingerprint density at radius 3 is 2.28 bits per heavy atom. The van der Waals surface area contributed by atoms with Crippen molar-refractivity contribution in [2.24, 2.45) is 0 Å². The zero-order valence-corrected chi connectivity index (χ0v) is 14.3. The summed E-state index contributed by atoms with van der Waals surface area (Å²) in [5, 5.41) is 3.21. The number of pyridine rings is 1. The summed E-state index contributed by atoms with van der Waals surface area (Å²) in [6, 6.07) is 5.14. The molecule has 3 rings (SSSR count). The number of halogens is 7. The van der Waals surface area contributed by atoms with Crippen LogP contribution >= 0.6 is 0 Å². The predicted octanol–water partition coefficient (Wildman–Crippen LogP) is 5.24. The lowest BCUT2D eigenvalue weighted by Gasteiger charge is -2.13. The molecule has 0 N–H and O–H groups in total. The molecule has 29 heavy (non-hydrogen) atoms. The molecule has 2 aromatic heterocycles. The van der Waals surface area contributed by atoms with Gasteiger partial charge in [0.25, 0.3) is 5.88 Å². The van der Waals surface area contributed by atoms with Crippen molar-refractivity contribution >= 4 is 0 Å². The van der Waals surface area contributed by atoms with E-state index in [0.29, 0.717) is 16.8 Å². The maximum absolute atomic E-state index is 14.3. The first-order valence-corrected chi connectivity index (χ1v) is 7.72. The smallest absolute Gasteiger partial charge is 0.435 e. The van der Waals surface area contributed by atoms with E-state index < -0.39 is 41.1 Å². The van der Waals surface area contributed by atoms with Gasteiger partial charge < -0.3 is 9.47 Å². The third-order valence-corrected chi connectivity index (χ3v) is 3.58. The Hall–Kier alpha value is -3.31. The Morgan fingerprint density at radius 1 is 0.966 bits per heavy atom. The maximum atomic E-state index is 14.3. The van der Waals surface area contributed by atoms with Gasteiger partial charge in [0, 0.05) is 12.3 Å². The molecule has 0 aliphatic carbocycles. The molecule has 0 amide bonds. The Balaban J connectivity index is 2.02. The van der Waals surface area contributed by atoms with Gasteiger partial charge in [-0.15, -0.1) is 0 Å². The number of rotatable bonds is 4. The van der Waals surface area contributed by atoms with Crippen LogP contribution in [0.1, 0.15) is 11.3 Å². The van der Waals surface area contributed by atoms with Gasteiger partial charge in [-0.2, -0.15) is 36.4 Å². The lowest BCUT2D eigenvalue weighted by Crippen LogP contribution is -2.09. The number of hydrogen-bond donors (Lipinski definition) is 0. The highest BCUT2D eigenvalue weighted by atomic mass is 19.4. The Morgan fingerprint density at radius 2 is 1.69 bits per heavy atom. The van der Waals surface area contributed by atoms with Crippen molar-refractivity contribution in [3.05, 3.63) is 59.7 Å². The van der Waals surface area contributed by atoms with E-state index >= 15 is 0 Å². The fourth-order valence-electron chi connectivity index (χ4n) is 2.27. The first kappa shape index (κ1) is 20.4. The van der Waals surface area contributed by atoms with Crippen LogP contribution in [0.15, 0.2) is 42.6 Å². The molecule has 0 bridgehead atoms. The fraction of sp³-hybridized carbons (Fsp3) is 0.176. The van der Waals surface area contributed by atoms with E-state index in [9.17, 15) is 30.7 Å². The van der Waals surface area contributed by atoms with Gasteiger partial charge in [-0.3, -0.25) is 0 Å². The molecule has 0 aliphatic heterocycles. The second-order valence-electron chi connectivity index (χ2n) is 5.57. The average molecular weight is 421 g/mol. The lowest BCUT2D eigenvalue weighted by atomic mass is 10.2. The van der Waals surface area contributed by atoms with Crippen molar-refractivity contribution in [3.8, 4) is 23.2 Å². The van der Waals surface area contributed by atoms with Gasteiger partial charge in [0.05, 0.1) is 12.7 Å². The molecule has 3 aromatic rings. The van der Waals surface area contributed by atoms with Crippen LogP contribution < -0.4 is 9.47 Å². The number of aromatic nitrogens is 3. The van der Waals surface area contributed by atoms with E-state index in [-0.39, 0.29) is 11.5 Å². The van der Waals surface area contributed by atoms with Crippen LogP contribution in [0.3, 0.4) is 0 Å². The van der Waals surface area contributed by atoms with Crippen LogP contribution in [0.4, 0.5) is 30.7 Å². The minimum Gasteiger partial charge on any atom is -0.491 e. The standard InChI is InChI=1S/C17H10F7N3O2/c1-28-12-8-11(18)14(27-6-5-13(26-27)17(22,23)24)25-15(12)29-10-4-2-3-9(7-10)16(19,20)21/h2-8H,1H3. The molecule has 12 heteroatoms. The molecule has 0 unspecified atom stereocenters. The molecular weight excluding hydrogens is 411 g/mol. The minimum atomic E-state index is -4.76. The van der Waals surface area contributed by atoms with Crippen LogP contribution in [0.2, 0.25) is 0 Å². The summed E-state index contributed by atoms with van der Waals surface area (Å²) >= 11 is 0. The summed E-state index contributed by atoms with van der Waals surface area (Å²) in [7, 11) is 1.13. The number of benzene rings is 1. The van der Waals surface area contributed by atoms with Crippen LogP contribution in [0, 0.1) is 5.82 Å². The van der Waals surface area contributed by atoms with Gasteiger partial charge in [0.2, 0.25) is 0 Å². The second-order valence-corrected chi connectivity index (χ2v) is 5.57. The molecule has 1 aromatic carbocycles. The summed E-state index contributed by atoms with van der Waals surface area (Å²) in [4.78, 5) is 3.73. The highest BCUT2D eigenvalue weighted by molar-refractivity contribution is 5.43. The first-order chi connectivity index (χ1) is 13.5. The summed E-state index contributed by atoms with van der Waals surface area (Å²) in [6.07, 6.45) is -8.56. The molecular formula is C17H10F7N3O2. The van der Waals surface area contributed by atoms with Crippen molar-refractivity contribution in [1.82, 2.24) is 14.8 Å². The molecule has 2 heterocycles. The van der Waals surface area contributed by atoms with Crippen molar-refractivity contribution in [3.63, 3.8) is 0 Å². The van der Waals surface area contributed by atoms with Crippen molar-refractivity contribution in [2.75, 3.05) is 7.11 Å². The number of methoxy groups -OCH3 is 1. The van der Waals surface area contributed by atoms with E-state index in [1.807, 2.05) is 0 Å². The topological polar surface area (TPSA) is 49.2 Å². The van der Waals surface area contributed by atoms with Crippen LogP contribution in [-0.4, -0.2) is 21.9 Å². The van der Waals surface area contributed by atoms with E-state index in [1.54, 1.807) is 0 Å². The molecule has 5 nitrogen and oxygen atoms in total. The Kier molecular flexibility index (Phi) is 5.11. The van der Waals surface area contributed by atoms with Crippen molar-refractivity contribution < 1.29 is 40.2 Å². The van der Waals surface area contributed by atoms with Gasteiger partial charge in [-0.05, 0) is 24.3 Å². The number of ether oxygens (including phenoxy) is 2. The second kappa shape index (κ2) is 7.26. The van der Waals surface area contributed by atoms with Crippen LogP contribution in [0.25, 0.3) is 5.82 Å². The lowest BCUT2D eigenvalue weighted by molar-refractivity contribution is -0.141.